The molecule has 66 valence electrons. The SMILES string of the molecule is C/C=C/CNCCC(F)(F)F. The molecule has 0 saturated carbocycles. The highest BCUT2D eigenvalue weighted by Crippen LogP contribution is 2.17. The Bertz CT molecular complexity index is 117. The molecule has 0 aliphatic carbocycles. The molecule has 0 radical (unpaired) electrons. The molecule has 0 amide bonds. The molecule has 4 heteroatoms. The highest BCUT2D eigenvalue weighted by molar-refractivity contribution is 4.79. The van der Waals surface area contributed by atoms with E-state index < -0.39 is 12.6 Å². The van der Waals surface area contributed by atoms with E-state index in [-0.39, 0.29) is 6.54 Å². The minimum absolute atomic E-state index is 0.00611. The molecule has 0 rings (SSSR count). The van der Waals surface area contributed by atoms with E-state index in [0.717, 1.165) is 0 Å². The standard InChI is InChI=1S/C7H12F3N/c1-2-3-5-11-6-4-7(8,9)10/h2-3,11H,4-6H2,1H3/b3-2+. The van der Waals surface area contributed by atoms with E-state index in [2.05, 4.69) is 5.32 Å². The molecular weight excluding hydrogens is 155 g/mol. The predicted octanol–water partition coefficient (Wildman–Crippen LogP) is 2.10. The minimum atomic E-state index is -4.04. The Labute approximate surface area is 64.3 Å². The van der Waals surface area contributed by atoms with Crippen LogP contribution in [0.1, 0.15) is 13.3 Å². The van der Waals surface area contributed by atoms with Gasteiger partial charge in [-0.1, -0.05) is 12.2 Å². The average molecular weight is 167 g/mol. The third kappa shape index (κ3) is 9.49. The number of nitrogens with one attached hydrogen (secondary N) is 1. The Kier molecular flexibility index (Phi) is 4.94. The maximum atomic E-state index is 11.5. The van der Waals surface area contributed by atoms with E-state index in [1.807, 2.05) is 6.92 Å². The molecule has 0 aromatic rings. The molecule has 0 heterocycles. The quantitative estimate of drug-likeness (QED) is 0.499. The van der Waals surface area contributed by atoms with Crippen molar-refractivity contribution in [3.05, 3.63) is 12.2 Å². The Morgan fingerprint density at radius 3 is 2.45 bits per heavy atom. The number of alkyl halides is 3. The number of rotatable bonds is 4. The van der Waals surface area contributed by atoms with Gasteiger partial charge in [-0.2, -0.15) is 13.2 Å². The van der Waals surface area contributed by atoms with Crippen LogP contribution in [0.3, 0.4) is 0 Å². The van der Waals surface area contributed by atoms with Gasteiger partial charge in [-0.25, -0.2) is 0 Å². The minimum Gasteiger partial charge on any atom is -0.313 e. The first-order valence-electron chi connectivity index (χ1n) is 3.45. The van der Waals surface area contributed by atoms with Gasteiger partial charge in [0.1, 0.15) is 0 Å². The van der Waals surface area contributed by atoms with Crippen LogP contribution in [0, 0.1) is 0 Å². The first-order chi connectivity index (χ1) is 5.06. The molecule has 1 N–H and O–H groups in total. The van der Waals surface area contributed by atoms with E-state index in [1.165, 1.54) is 0 Å². The normalized spacial score (nSPS) is 12.7. The van der Waals surface area contributed by atoms with Crippen LogP contribution in [0.4, 0.5) is 13.2 Å². The molecule has 0 aliphatic rings. The second kappa shape index (κ2) is 5.18. The van der Waals surface area contributed by atoms with Crippen molar-refractivity contribution in [1.29, 1.82) is 0 Å². The van der Waals surface area contributed by atoms with E-state index in [0.29, 0.717) is 6.54 Å². The zero-order valence-electron chi connectivity index (χ0n) is 6.41. The monoisotopic (exact) mass is 167 g/mol. The maximum absolute atomic E-state index is 11.5. The molecular formula is C7H12F3N. The summed E-state index contributed by atoms with van der Waals surface area (Å²) in [6, 6.07) is 0. The van der Waals surface area contributed by atoms with Gasteiger partial charge in [0, 0.05) is 13.1 Å². The number of allylic oxidation sites excluding steroid dienone is 1. The van der Waals surface area contributed by atoms with Crippen LogP contribution in [0.5, 0.6) is 0 Å². The fraction of sp³-hybridized carbons (Fsp3) is 0.714. The summed E-state index contributed by atoms with van der Waals surface area (Å²) in [4.78, 5) is 0. The van der Waals surface area contributed by atoms with Crippen molar-refractivity contribution < 1.29 is 13.2 Å². The maximum Gasteiger partial charge on any atom is 0.390 e. The topological polar surface area (TPSA) is 12.0 Å². The fourth-order valence-electron chi connectivity index (χ4n) is 0.533. The zero-order valence-corrected chi connectivity index (χ0v) is 6.41. The second-order valence-corrected chi connectivity index (χ2v) is 2.14. The van der Waals surface area contributed by atoms with Crippen LogP contribution in [0.2, 0.25) is 0 Å². The molecule has 0 unspecified atom stereocenters. The van der Waals surface area contributed by atoms with Gasteiger partial charge in [-0.3, -0.25) is 0 Å². The van der Waals surface area contributed by atoms with Gasteiger partial charge in [0.25, 0.3) is 0 Å². The first-order valence-corrected chi connectivity index (χ1v) is 3.45. The lowest BCUT2D eigenvalue weighted by Crippen LogP contribution is -2.21. The lowest BCUT2D eigenvalue weighted by molar-refractivity contribution is -0.133. The predicted molar refractivity (Wildman–Crippen MR) is 38.4 cm³/mol. The van der Waals surface area contributed by atoms with Gasteiger partial charge in [0.2, 0.25) is 0 Å². The summed E-state index contributed by atoms with van der Waals surface area (Å²) < 4.78 is 34.5. The van der Waals surface area contributed by atoms with Crippen molar-refractivity contribution in [2.45, 2.75) is 19.5 Å². The Morgan fingerprint density at radius 2 is 2.00 bits per heavy atom. The molecule has 0 aromatic carbocycles. The lowest BCUT2D eigenvalue weighted by Gasteiger charge is -2.05. The molecule has 0 bridgehead atoms. The molecule has 0 aliphatic heterocycles. The fourth-order valence-corrected chi connectivity index (χ4v) is 0.533. The number of halogens is 3. The first kappa shape index (κ1) is 10.5. The molecule has 0 spiro atoms. The van der Waals surface area contributed by atoms with Crippen LogP contribution in [-0.2, 0) is 0 Å². The Morgan fingerprint density at radius 1 is 1.36 bits per heavy atom. The molecule has 0 saturated heterocycles. The van der Waals surface area contributed by atoms with Gasteiger partial charge < -0.3 is 5.32 Å². The second-order valence-electron chi connectivity index (χ2n) is 2.14. The van der Waals surface area contributed by atoms with Crippen molar-refractivity contribution >= 4 is 0 Å². The highest BCUT2D eigenvalue weighted by atomic mass is 19.4. The largest absolute Gasteiger partial charge is 0.390 e. The van der Waals surface area contributed by atoms with E-state index in [1.54, 1.807) is 12.2 Å². The summed E-state index contributed by atoms with van der Waals surface area (Å²) in [6.45, 7) is 2.33. The summed E-state index contributed by atoms with van der Waals surface area (Å²) in [5.41, 5.74) is 0. The summed E-state index contributed by atoms with van der Waals surface area (Å²) >= 11 is 0. The third-order valence-corrected chi connectivity index (χ3v) is 1.08. The van der Waals surface area contributed by atoms with Crippen molar-refractivity contribution in [3.63, 3.8) is 0 Å². The Balaban J connectivity index is 3.15. The van der Waals surface area contributed by atoms with Crippen molar-refractivity contribution in [1.82, 2.24) is 5.32 Å². The smallest absolute Gasteiger partial charge is 0.313 e. The van der Waals surface area contributed by atoms with Crippen molar-refractivity contribution in [2.75, 3.05) is 13.1 Å². The van der Waals surface area contributed by atoms with Gasteiger partial charge in [-0.05, 0) is 6.92 Å². The van der Waals surface area contributed by atoms with Crippen LogP contribution in [0.25, 0.3) is 0 Å². The average Bonchev–Trinajstić information content (AvgIpc) is 1.85. The Hall–Kier alpha value is -0.510. The van der Waals surface area contributed by atoms with Crippen LogP contribution < -0.4 is 5.32 Å². The van der Waals surface area contributed by atoms with Crippen LogP contribution in [0.15, 0.2) is 12.2 Å². The summed E-state index contributed by atoms with van der Waals surface area (Å²) in [5, 5.41) is 2.64. The number of hydrogen-bond acceptors (Lipinski definition) is 1. The van der Waals surface area contributed by atoms with Crippen LogP contribution >= 0.6 is 0 Å². The van der Waals surface area contributed by atoms with Gasteiger partial charge in [-0.15, -0.1) is 0 Å². The number of hydrogen-bond donors (Lipinski definition) is 1. The van der Waals surface area contributed by atoms with E-state index in [4.69, 9.17) is 0 Å². The molecule has 0 atom stereocenters. The van der Waals surface area contributed by atoms with Crippen LogP contribution in [-0.4, -0.2) is 19.3 Å². The zero-order chi connectivity index (χ0) is 8.74. The van der Waals surface area contributed by atoms with Crippen molar-refractivity contribution in [3.8, 4) is 0 Å². The lowest BCUT2D eigenvalue weighted by atomic mass is 10.4. The van der Waals surface area contributed by atoms with Gasteiger partial charge in [0.05, 0.1) is 6.42 Å². The van der Waals surface area contributed by atoms with Gasteiger partial charge >= 0.3 is 6.18 Å². The van der Waals surface area contributed by atoms with Gasteiger partial charge in [0.15, 0.2) is 0 Å². The molecule has 0 fully saturated rings. The molecule has 1 nitrogen and oxygen atoms in total. The van der Waals surface area contributed by atoms with E-state index >= 15 is 0 Å². The molecule has 11 heavy (non-hydrogen) atoms. The summed E-state index contributed by atoms with van der Waals surface area (Å²) in [5.74, 6) is 0. The molecule has 0 aromatic heterocycles. The summed E-state index contributed by atoms with van der Waals surface area (Å²) in [6.07, 6.45) is -1.23. The summed E-state index contributed by atoms with van der Waals surface area (Å²) in [7, 11) is 0. The third-order valence-electron chi connectivity index (χ3n) is 1.08. The highest BCUT2D eigenvalue weighted by Gasteiger charge is 2.25. The van der Waals surface area contributed by atoms with E-state index in [9.17, 15) is 13.2 Å². The van der Waals surface area contributed by atoms with Crippen molar-refractivity contribution in [2.24, 2.45) is 0 Å².